The molecule has 0 nitrogen and oxygen atoms in total. The molecule has 0 aliphatic heterocycles. The second kappa shape index (κ2) is 22.5. The smallest absolute Gasteiger partial charge is 0.468 e. The molecule has 0 bridgehead atoms. The Labute approximate surface area is 183 Å². The third-order valence-electron chi connectivity index (χ3n) is 0. The molecular formula is CH3IK3P+2. The molecule has 0 aliphatic carbocycles. The molecule has 6 heavy (non-hydrogen) atoms. The molecule has 0 fully saturated rings. The van der Waals surface area contributed by atoms with Crippen LogP contribution in [-0.2, 0) is 0 Å². The molecule has 0 amide bonds. The first-order valence-corrected chi connectivity index (χ1v) is 4.35. The Kier molecular flexibility index (Phi) is 67.3. The van der Waals surface area contributed by atoms with E-state index in [0.717, 1.165) is 6.22 Å². The van der Waals surface area contributed by atoms with Gasteiger partial charge in [0.1, 0.15) is 0 Å². The maximum Gasteiger partial charge on any atom is 1.00 e. The van der Waals surface area contributed by atoms with Crippen LogP contribution >= 0.6 is 28.3 Å². The van der Waals surface area contributed by atoms with Crippen LogP contribution in [0.4, 0.5) is 0 Å². The standard InChI is InChI=1S/CH3IP.3K/c1-3-2;;;/h1H3;;;/q-1;3*+1/i1D;;;. The number of hydrogen-bond acceptors (Lipinski definition) is 0. The summed E-state index contributed by atoms with van der Waals surface area (Å²) in [5.41, 5.74) is 0. The van der Waals surface area contributed by atoms with Crippen molar-refractivity contribution < 1.29 is 156 Å². The van der Waals surface area contributed by atoms with E-state index in [1.807, 2.05) is 0 Å². The Balaban J connectivity index is -0.0000000150. The third-order valence-corrected chi connectivity index (χ3v) is 0. The topological polar surface area (TPSA) is 0 Å². The van der Waals surface area contributed by atoms with Gasteiger partial charge in [-0.3, -0.25) is 0 Å². The van der Waals surface area contributed by atoms with Crippen LogP contribution in [0.1, 0.15) is 1.37 Å². The second-order valence-electron chi connectivity index (χ2n) is 0.120. The van der Waals surface area contributed by atoms with Crippen LogP contribution in [0.3, 0.4) is 0 Å². The van der Waals surface area contributed by atoms with Crippen molar-refractivity contribution in [3.8, 4) is 0 Å². The molecule has 0 N–H and O–H groups in total. The van der Waals surface area contributed by atoms with E-state index in [9.17, 15) is 0 Å². The van der Waals surface area contributed by atoms with Crippen molar-refractivity contribution >= 4 is 28.3 Å². The summed E-state index contributed by atoms with van der Waals surface area (Å²) in [5, 5.41) is 0. The van der Waals surface area contributed by atoms with E-state index in [-0.39, 0.29) is 154 Å². The van der Waals surface area contributed by atoms with Crippen LogP contribution in [0.25, 0.3) is 0 Å². The van der Waals surface area contributed by atoms with Gasteiger partial charge in [0.15, 0.2) is 0 Å². The minimum absolute atomic E-state index is 0. The first-order chi connectivity index (χ1) is 1.91. The van der Waals surface area contributed by atoms with Crippen molar-refractivity contribution in [3.05, 3.63) is 0 Å². The van der Waals surface area contributed by atoms with Crippen LogP contribution in [-0.4, -0.2) is 6.64 Å². The van der Waals surface area contributed by atoms with Crippen molar-refractivity contribution in [2.45, 2.75) is 0 Å². The van der Waals surface area contributed by atoms with Crippen LogP contribution in [0.5, 0.6) is 0 Å². The molecular weight excluding hydrogens is 287 g/mol. The van der Waals surface area contributed by atoms with Crippen molar-refractivity contribution in [1.82, 2.24) is 0 Å². The van der Waals surface area contributed by atoms with E-state index in [0.29, 0.717) is 6.64 Å². The van der Waals surface area contributed by atoms with E-state index < -0.39 is 0 Å². The Bertz CT molecular complexity index is 16.9. The zero-order valence-electron chi connectivity index (χ0n) is 5.53. The molecule has 0 aromatic rings. The van der Waals surface area contributed by atoms with Crippen molar-refractivity contribution in [2.24, 2.45) is 0 Å². The van der Waals surface area contributed by atoms with Gasteiger partial charge in [0.2, 0.25) is 0 Å². The molecule has 0 radical (unpaired) electrons. The van der Waals surface area contributed by atoms with Crippen LogP contribution in [0, 0.1) is 0 Å². The molecule has 0 saturated carbocycles. The minimum atomic E-state index is 0. The first kappa shape index (κ1) is 18.0. The fourth-order valence-corrected chi connectivity index (χ4v) is 0. The summed E-state index contributed by atoms with van der Waals surface area (Å²) in [4.78, 5) is 0. The fourth-order valence-electron chi connectivity index (χ4n) is 0. The Morgan fingerprint density at radius 2 is 1.67 bits per heavy atom. The zero-order valence-corrected chi connectivity index (χ0v) is 17.0. The molecule has 0 unspecified atom stereocenters. The summed E-state index contributed by atoms with van der Waals surface area (Å²) in [6.07, 6.45) is 1.14. The van der Waals surface area contributed by atoms with Gasteiger partial charge < -0.3 is 28.3 Å². The molecule has 0 rings (SSSR count). The van der Waals surface area contributed by atoms with Gasteiger partial charge in [-0.2, -0.15) is 6.64 Å². The monoisotopic (exact) mass is 291 g/mol. The Morgan fingerprint density at radius 3 is 1.67 bits per heavy atom. The predicted molar refractivity (Wildman–Crippen MR) is 26.9 cm³/mol. The fraction of sp³-hybridized carbons (Fsp3) is 1.00. The van der Waals surface area contributed by atoms with Gasteiger partial charge >= 0.3 is 154 Å². The van der Waals surface area contributed by atoms with E-state index >= 15 is 0 Å². The van der Waals surface area contributed by atoms with E-state index in [1.54, 1.807) is 0 Å². The van der Waals surface area contributed by atoms with Gasteiger partial charge in [0.25, 0.3) is 0 Å². The van der Waals surface area contributed by atoms with Crippen molar-refractivity contribution in [3.63, 3.8) is 0 Å². The van der Waals surface area contributed by atoms with E-state index in [4.69, 9.17) is 1.37 Å². The normalized spacial score (nSPS) is 7.17. The summed E-state index contributed by atoms with van der Waals surface area (Å²) in [6.45, 7) is 0.528. The number of hydrogen-bond donors (Lipinski definition) is 0. The van der Waals surface area contributed by atoms with Gasteiger partial charge in [-0.15, -0.1) is 0 Å². The molecule has 0 saturated heterocycles. The van der Waals surface area contributed by atoms with Crippen LogP contribution < -0.4 is 154 Å². The second-order valence-corrected chi connectivity index (χ2v) is 2.41. The molecule has 0 aliphatic rings. The average Bonchev–Trinajstić information content (AvgIpc) is 1.37. The SMILES string of the molecule is [2H]C[P-]I.[K+].[K+].[K+]. The summed E-state index contributed by atoms with van der Waals surface area (Å²) in [7, 11) is 0. The first-order valence-electron chi connectivity index (χ1n) is 1.19. The quantitative estimate of drug-likeness (QED) is 0.236. The van der Waals surface area contributed by atoms with Crippen molar-refractivity contribution in [2.75, 3.05) is 6.64 Å². The van der Waals surface area contributed by atoms with Crippen LogP contribution in [0.15, 0.2) is 0 Å². The molecule has 0 spiro atoms. The largest absolute Gasteiger partial charge is 1.00 e. The van der Waals surface area contributed by atoms with Gasteiger partial charge in [0, 0.05) is 0 Å². The van der Waals surface area contributed by atoms with Gasteiger partial charge in [0.05, 0.1) is 0 Å². The van der Waals surface area contributed by atoms with Gasteiger partial charge in [-0.25, -0.2) is 0 Å². The van der Waals surface area contributed by atoms with Gasteiger partial charge in [-0.05, 0) is 1.37 Å². The Hall–Kier alpha value is 6.07. The summed E-state index contributed by atoms with van der Waals surface area (Å²) < 4.78 is 6.43. The van der Waals surface area contributed by atoms with Gasteiger partial charge in [-0.1, -0.05) is 0 Å². The molecule has 20 valence electrons. The molecule has 0 heterocycles. The van der Waals surface area contributed by atoms with E-state index in [1.165, 1.54) is 0 Å². The zero-order chi connectivity index (χ0) is 3.41. The summed E-state index contributed by atoms with van der Waals surface area (Å²) in [6, 6.07) is 0. The minimum Gasteiger partial charge on any atom is -0.468 e. The molecule has 5 heteroatoms. The molecule has 0 atom stereocenters. The average molecular weight is 291 g/mol. The number of halogens is 1. The molecule has 0 aromatic carbocycles. The maximum atomic E-state index is 6.43. The summed E-state index contributed by atoms with van der Waals surface area (Å²) >= 11 is 2.14. The third kappa shape index (κ3) is 22.5. The maximum absolute atomic E-state index is 6.43. The van der Waals surface area contributed by atoms with Crippen LogP contribution in [0.2, 0.25) is 0 Å². The van der Waals surface area contributed by atoms with Crippen molar-refractivity contribution in [1.29, 1.82) is 0 Å². The number of rotatable bonds is 0. The molecule has 0 aromatic heterocycles. The predicted octanol–water partition coefficient (Wildman–Crippen LogP) is -7.08. The van der Waals surface area contributed by atoms with E-state index in [2.05, 4.69) is 22.0 Å². The summed E-state index contributed by atoms with van der Waals surface area (Å²) in [5.74, 6) is 0. The Morgan fingerprint density at radius 1 is 1.50 bits per heavy atom.